The molecule has 1 aromatic carbocycles. The normalized spacial score (nSPS) is 24.2. The summed E-state index contributed by atoms with van der Waals surface area (Å²) in [5.74, 6) is 1.16. The maximum atomic E-state index is 12.7. The highest BCUT2D eigenvalue weighted by Gasteiger charge is 2.26. The summed E-state index contributed by atoms with van der Waals surface area (Å²) >= 11 is 0. The average molecular weight is 346 g/mol. The molecule has 0 saturated carbocycles. The quantitative estimate of drug-likeness (QED) is 0.901. The van der Waals surface area contributed by atoms with Crippen molar-refractivity contribution in [3.8, 4) is 11.5 Å². The van der Waals surface area contributed by atoms with Gasteiger partial charge in [-0.15, -0.1) is 0 Å². The number of rotatable bonds is 4. The second-order valence-corrected chi connectivity index (χ2v) is 7.01. The summed E-state index contributed by atoms with van der Waals surface area (Å²) in [6.45, 7) is 4.97. The number of hydrogen-bond acceptors (Lipinski definition) is 5. The molecule has 3 aliphatic rings. The van der Waals surface area contributed by atoms with Crippen molar-refractivity contribution in [2.45, 2.75) is 37.8 Å². The van der Waals surface area contributed by atoms with Crippen LogP contribution in [0, 0.1) is 0 Å². The van der Waals surface area contributed by atoms with Crippen molar-refractivity contribution >= 4 is 5.91 Å². The Balaban J connectivity index is 1.30. The number of benzene rings is 1. The number of nitrogens with one attached hydrogen (secondary N) is 1. The number of likely N-dealkylation sites (tertiary alicyclic amines) is 1. The van der Waals surface area contributed by atoms with E-state index >= 15 is 0 Å². The molecule has 2 fully saturated rings. The first-order valence-corrected chi connectivity index (χ1v) is 9.33. The van der Waals surface area contributed by atoms with Gasteiger partial charge in [-0.3, -0.25) is 4.79 Å². The van der Waals surface area contributed by atoms with E-state index < -0.39 is 0 Å². The fraction of sp³-hybridized carbons (Fsp3) is 0.632. The van der Waals surface area contributed by atoms with Crippen molar-refractivity contribution in [2.24, 2.45) is 0 Å². The van der Waals surface area contributed by atoms with E-state index in [4.69, 9.17) is 14.2 Å². The molecule has 0 unspecified atom stereocenters. The van der Waals surface area contributed by atoms with Gasteiger partial charge in [0.2, 0.25) is 0 Å². The number of hydrogen-bond donors (Lipinski definition) is 1. The fourth-order valence-corrected chi connectivity index (χ4v) is 3.85. The van der Waals surface area contributed by atoms with Crippen molar-refractivity contribution < 1.29 is 19.0 Å². The standard InChI is InChI=1S/C19H26N2O4/c22-19(16-4-1-5-17-18(16)25-12-11-24-17)20-14-6-8-21(9-7-14)13-15-3-2-10-23-15/h1,4-5,14-15H,2-3,6-13H2,(H,20,22)/t15-/m1/s1. The summed E-state index contributed by atoms with van der Waals surface area (Å²) in [5, 5.41) is 3.17. The van der Waals surface area contributed by atoms with Crippen LogP contribution < -0.4 is 14.8 Å². The number of fused-ring (bicyclic) bond motifs is 1. The van der Waals surface area contributed by atoms with Gasteiger partial charge in [0, 0.05) is 32.3 Å². The topological polar surface area (TPSA) is 60.0 Å². The number of carbonyl (C=O) groups excluding carboxylic acids is 1. The third-order valence-electron chi connectivity index (χ3n) is 5.22. The van der Waals surface area contributed by atoms with Crippen molar-refractivity contribution in [1.29, 1.82) is 0 Å². The van der Waals surface area contributed by atoms with Gasteiger partial charge >= 0.3 is 0 Å². The maximum absolute atomic E-state index is 12.7. The molecule has 2 saturated heterocycles. The lowest BCUT2D eigenvalue weighted by atomic mass is 10.0. The lowest BCUT2D eigenvalue weighted by Crippen LogP contribution is -2.46. The van der Waals surface area contributed by atoms with Gasteiger partial charge in [0.1, 0.15) is 13.2 Å². The van der Waals surface area contributed by atoms with E-state index in [2.05, 4.69) is 10.2 Å². The van der Waals surface area contributed by atoms with E-state index in [1.54, 1.807) is 6.07 Å². The van der Waals surface area contributed by atoms with Gasteiger partial charge in [0.15, 0.2) is 11.5 Å². The number of piperidine rings is 1. The Morgan fingerprint density at radius 2 is 1.96 bits per heavy atom. The molecule has 0 radical (unpaired) electrons. The monoisotopic (exact) mass is 346 g/mol. The number of ether oxygens (including phenoxy) is 3. The van der Waals surface area contributed by atoms with Crippen molar-refractivity contribution in [3.63, 3.8) is 0 Å². The molecule has 1 N–H and O–H groups in total. The molecule has 0 bridgehead atoms. The molecule has 6 nitrogen and oxygen atoms in total. The van der Waals surface area contributed by atoms with E-state index in [1.807, 2.05) is 12.1 Å². The predicted molar refractivity (Wildman–Crippen MR) is 93.3 cm³/mol. The third-order valence-corrected chi connectivity index (χ3v) is 5.22. The van der Waals surface area contributed by atoms with Crippen LogP contribution in [-0.2, 0) is 4.74 Å². The predicted octanol–water partition coefficient (Wildman–Crippen LogP) is 1.83. The summed E-state index contributed by atoms with van der Waals surface area (Å²) in [4.78, 5) is 15.1. The number of amides is 1. The van der Waals surface area contributed by atoms with Crippen LogP contribution in [0.25, 0.3) is 0 Å². The molecule has 1 atom stereocenters. The molecule has 1 amide bonds. The molecule has 4 rings (SSSR count). The maximum Gasteiger partial charge on any atom is 0.255 e. The van der Waals surface area contributed by atoms with Crippen LogP contribution in [0.2, 0.25) is 0 Å². The third kappa shape index (κ3) is 3.90. The van der Waals surface area contributed by atoms with Crippen LogP contribution in [-0.4, -0.2) is 62.4 Å². The Labute approximate surface area is 148 Å². The van der Waals surface area contributed by atoms with E-state index in [9.17, 15) is 4.79 Å². The molecule has 0 spiro atoms. The van der Waals surface area contributed by atoms with Gasteiger partial charge < -0.3 is 24.4 Å². The van der Waals surface area contributed by atoms with Crippen LogP contribution in [0.3, 0.4) is 0 Å². The van der Waals surface area contributed by atoms with Crippen molar-refractivity contribution in [3.05, 3.63) is 23.8 Å². The summed E-state index contributed by atoms with van der Waals surface area (Å²) in [7, 11) is 0. The largest absolute Gasteiger partial charge is 0.486 e. The van der Waals surface area contributed by atoms with Crippen molar-refractivity contribution in [2.75, 3.05) is 39.5 Å². The first-order valence-electron chi connectivity index (χ1n) is 9.33. The first kappa shape index (κ1) is 16.7. The van der Waals surface area contributed by atoms with Gasteiger partial charge in [0.25, 0.3) is 5.91 Å². The Morgan fingerprint density at radius 1 is 1.12 bits per heavy atom. The number of carbonyl (C=O) groups is 1. The Morgan fingerprint density at radius 3 is 2.76 bits per heavy atom. The molecule has 25 heavy (non-hydrogen) atoms. The van der Waals surface area contributed by atoms with Gasteiger partial charge in [-0.1, -0.05) is 6.07 Å². The van der Waals surface area contributed by atoms with Gasteiger partial charge in [0.05, 0.1) is 11.7 Å². The molecule has 3 aliphatic heterocycles. The minimum absolute atomic E-state index is 0.0695. The van der Waals surface area contributed by atoms with E-state index in [0.717, 1.165) is 39.1 Å². The molecular weight excluding hydrogens is 320 g/mol. The lowest BCUT2D eigenvalue weighted by Gasteiger charge is -2.33. The lowest BCUT2D eigenvalue weighted by molar-refractivity contribution is 0.0612. The summed E-state index contributed by atoms with van der Waals surface area (Å²) in [5.41, 5.74) is 0.569. The van der Waals surface area contributed by atoms with Gasteiger partial charge in [-0.25, -0.2) is 0 Å². The number of para-hydroxylation sites is 1. The second-order valence-electron chi connectivity index (χ2n) is 7.01. The molecule has 0 aliphatic carbocycles. The van der Waals surface area contributed by atoms with E-state index in [0.29, 0.717) is 36.4 Å². The molecule has 6 heteroatoms. The first-order chi connectivity index (χ1) is 12.3. The Hall–Kier alpha value is -1.79. The van der Waals surface area contributed by atoms with Crippen LogP contribution in [0.5, 0.6) is 11.5 Å². The average Bonchev–Trinajstić information content (AvgIpc) is 3.16. The van der Waals surface area contributed by atoms with Gasteiger partial charge in [-0.05, 0) is 37.8 Å². The highest BCUT2D eigenvalue weighted by atomic mass is 16.6. The smallest absolute Gasteiger partial charge is 0.255 e. The fourth-order valence-electron chi connectivity index (χ4n) is 3.85. The van der Waals surface area contributed by atoms with E-state index in [1.165, 1.54) is 12.8 Å². The van der Waals surface area contributed by atoms with Gasteiger partial charge in [-0.2, -0.15) is 0 Å². The zero-order chi connectivity index (χ0) is 17.1. The molecule has 0 aromatic heterocycles. The zero-order valence-corrected chi connectivity index (χ0v) is 14.5. The summed E-state index contributed by atoms with van der Waals surface area (Å²) < 4.78 is 16.9. The summed E-state index contributed by atoms with van der Waals surface area (Å²) in [6, 6.07) is 5.70. The highest BCUT2D eigenvalue weighted by molar-refractivity contribution is 5.98. The second kappa shape index (κ2) is 7.62. The Bertz CT molecular complexity index is 607. The Kier molecular flexibility index (Phi) is 5.08. The molecule has 1 aromatic rings. The minimum atomic E-state index is -0.0695. The van der Waals surface area contributed by atoms with Crippen molar-refractivity contribution in [1.82, 2.24) is 10.2 Å². The minimum Gasteiger partial charge on any atom is -0.486 e. The zero-order valence-electron chi connectivity index (χ0n) is 14.5. The van der Waals surface area contributed by atoms with Crippen LogP contribution in [0.4, 0.5) is 0 Å². The molecule has 136 valence electrons. The summed E-state index contributed by atoms with van der Waals surface area (Å²) in [6.07, 6.45) is 4.72. The SMILES string of the molecule is O=C(NC1CCN(C[C@H]2CCCO2)CC1)c1cccc2c1OCCO2. The molecular formula is C19H26N2O4. The van der Waals surface area contributed by atoms with Crippen LogP contribution in [0.1, 0.15) is 36.0 Å². The number of nitrogens with zero attached hydrogens (tertiary/aromatic N) is 1. The molecule has 3 heterocycles. The van der Waals surface area contributed by atoms with E-state index in [-0.39, 0.29) is 11.9 Å². The highest BCUT2D eigenvalue weighted by Crippen LogP contribution is 2.33. The van der Waals surface area contributed by atoms with Crippen LogP contribution in [0.15, 0.2) is 18.2 Å². The van der Waals surface area contributed by atoms with Crippen LogP contribution >= 0.6 is 0 Å².